The lowest BCUT2D eigenvalue weighted by Gasteiger charge is -1.97. The average molecular weight is 199 g/mol. The van der Waals surface area contributed by atoms with E-state index in [1.165, 1.54) is 0 Å². The van der Waals surface area contributed by atoms with Crippen molar-refractivity contribution in [1.82, 2.24) is 25.0 Å². The molecule has 3 aromatic rings. The summed E-state index contributed by atoms with van der Waals surface area (Å²) in [7, 11) is 1.98. The Morgan fingerprint density at radius 1 is 1.33 bits per heavy atom. The number of nitrogens with zero attached hydrogens (tertiary/aromatic N) is 4. The van der Waals surface area contributed by atoms with Crippen LogP contribution in [0.15, 0.2) is 30.7 Å². The Hall–Kier alpha value is -2.17. The number of rotatable bonds is 1. The Bertz CT molecular complexity index is 593. The summed E-state index contributed by atoms with van der Waals surface area (Å²) in [6.07, 6.45) is 3.50. The standard InChI is InChI=1S/C10H9N5/c1-15-6-11-8-4-7(2-3-10(8)15)9-5-12-14-13-9/h2-6H,1H3,(H,12,13,14). The van der Waals surface area contributed by atoms with E-state index in [-0.39, 0.29) is 0 Å². The Kier molecular flexibility index (Phi) is 1.58. The molecule has 0 aliphatic carbocycles. The van der Waals surface area contributed by atoms with E-state index in [0.717, 1.165) is 22.3 Å². The number of fused-ring (bicyclic) bond motifs is 1. The van der Waals surface area contributed by atoms with E-state index >= 15 is 0 Å². The van der Waals surface area contributed by atoms with Gasteiger partial charge in [0.2, 0.25) is 0 Å². The maximum absolute atomic E-state index is 4.29. The van der Waals surface area contributed by atoms with Crippen molar-refractivity contribution in [1.29, 1.82) is 0 Å². The van der Waals surface area contributed by atoms with Gasteiger partial charge in [0.25, 0.3) is 0 Å². The quantitative estimate of drug-likeness (QED) is 0.643. The molecule has 0 spiro atoms. The number of benzene rings is 1. The minimum absolute atomic E-state index is 0.836. The van der Waals surface area contributed by atoms with Crippen LogP contribution in [-0.2, 0) is 7.05 Å². The zero-order valence-electron chi connectivity index (χ0n) is 8.18. The second-order valence-corrected chi connectivity index (χ2v) is 3.41. The number of aromatic amines is 1. The van der Waals surface area contributed by atoms with Crippen molar-refractivity contribution in [3.8, 4) is 11.3 Å². The number of nitrogens with one attached hydrogen (secondary N) is 1. The van der Waals surface area contributed by atoms with Crippen LogP contribution >= 0.6 is 0 Å². The molecule has 0 radical (unpaired) electrons. The van der Waals surface area contributed by atoms with Crippen LogP contribution in [0.2, 0.25) is 0 Å². The second-order valence-electron chi connectivity index (χ2n) is 3.41. The summed E-state index contributed by atoms with van der Waals surface area (Å²) in [5, 5.41) is 10.4. The highest BCUT2D eigenvalue weighted by molar-refractivity contribution is 5.80. The van der Waals surface area contributed by atoms with Crippen molar-refractivity contribution in [3.05, 3.63) is 30.7 Å². The number of aryl methyl sites for hydroxylation is 1. The van der Waals surface area contributed by atoms with E-state index in [1.807, 2.05) is 29.8 Å². The van der Waals surface area contributed by atoms with Gasteiger partial charge in [0.1, 0.15) is 5.69 Å². The lowest BCUT2D eigenvalue weighted by atomic mass is 10.1. The van der Waals surface area contributed by atoms with Gasteiger partial charge in [-0.3, -0.25) is 0 Å². The fraction of sp³-hybridized carbons (Fsp3) is 0.100. The molecule has 5 nitrogen and oxygen atoms in total. The third kappa shape index (κ3) is 1.20. The molecule has 0 bridgehead atoms. The maximum atomic E-state index is 4.29. The van der Waals surface area contributed by atoms with Gasteiger partial charge < -0.3 is 4.57 Å². The summed E-state index contributed by atoms with van der Waals surface area (Å²) in [4.78, 5) is 4.29. The highest BCUT2D eigenvalue weighted by Crippen LogP contribution is 2.20. The number of hydrogen-bond donors (Lipinski definition) is 1. The third-order valence-electron chi connectivity index (χ3n) is 2.44. The summed E-state index contributed by atoms with van der Waals surface area (Å²) in [5.74, 6) is 0. The van der Waals surface area contributed by atoms with Crippen LogP contribution in [0, 0.1) is 0 Å². The lowest BCUT2D eigenvalue weighted by molar-refractivity contribution is 0.942. The molecule has 15 heavy (non-hydrogen) atoms. The predicted octanol–water partition coefficient (Wildman–Crippen LogP) is 1.36. The molecule has 0 unspecified atom stereocenters. The van der Waals surface area contributed by atoms with Crippen molar-refractivity contribution < 1.29 is 0 Å². The van der Waals surface area contributed by atoms with Crippen molar-refractivity contribution in [2.75, 3.05) is 0 Å². The van der Waals surface area contributed by atoms with Gasteiger partial charge >= 0.3 is 0 Å². The van der Waals surface area contributed by atoms with E-state index in [4.69, 9.17) is 0 Å². The van der Waals surface area contributed by atoms with Crippen LogP contribution in [0.3, 0.4) is 0 Å². The summed E-state index contributed by atoms with van der Waals surface area (Å²) < 4.78 is 1.99. The minimum atomic E-state index is 0.836. The van der Waals surface area contributed by atoms with Gasteiger partial charge in [-0.05, 0) is 12.1 Å². The average Bonchev–Trinajstić information content (AvgIpc) is 2.88. The number of hydrogen-bond acceptors (Lipinski definition) is 3. The highest BCUT2D eigenvalue weighted by atomic mass is 15.3. The lowest BCUT2D eigenvalue weighted by Crippen LogP contribution is -1.84. The van der Waals surface area contributed by atoms with E-state index in [1.54, 1.807) is 12.5 Å². The van der Waals surface area contributed by atoms with E-state index in [2.05, 4.69) is 20.4 Å². The maximum Gasteiger partial charge on any atom is 0.112 e. The number of aromatic nitrogens is 5. The van der Waals surface area contributed by atoms with E-state index < -0.39 is 0 Å². The van der Waals surface area contributed by atoms with Crippen molar-refractivity contribution >= 4 is 11.0 Å². The fourth-order valence-corrected chi connectivity index (χ4v) is 1.64. The van der Waals surface area contributed by atoms with Crippen LogP contribution in [-0.4, -0.2) is 25.0 Å². The first-order valence-corrected chi connectivity index (χ1v) is 4.62. The van der Waals surface area contributed by atoms with Gasteiger partial charge in [-0.2, -0.15) is 15.4 Å². The zero-order valence-corrected chi connectivity index (χ0v) is 8.18. The first kappa shape index (κ1) is 8.16. The molecule has 3 rings (SSSR count). The van der Waals surface area contributed by atoms with Crippen molar-refractivity contribution in [2.45, 2.75) is 0 Å². The van der Waals surface area contributed by atoms with Crippen molar-refractivity contribution in [2.24, 2.45) is 7.05 Å². The topological polar surface area (TPSA) is 59.4 Å². The SMILES string of the molecule is Cn1cnc2cc(-c3cn[nH]n3)ccc21. The summed E-state index contributed by atoms with van der Waals surface area (Å²) in [5.41, 5.74) is 3.94. The normalized spacial score (nSPS) is 11.0. The summed E-state index contributed by atoms with van der Waals surface area (Å²) in [6, 6.07) is 6.06. The van der Waals surface area contributed by atoms with Crippen LogP contribution in [0.5, 0.6) is 0 Å². The van der Waals surface area contributed by atoms with E-state index in [9.17, 15) is 0 Å². The highest BCUT2D eigenvalue weighted by Gasteiger charge is 2.04. The largest absolute Gasteiger partial charge is 0.334 e. The molecule has 2 heterocycles. The van der Waals surface area contributed by atoms with Crippen molar-refractivity contribution in [3.63, 3.8) is 0 Å². The predicted molar refractivity (Wildman–Crippen MR) is 56.1 cm³/mol. The van der Waals surface area contributed by atoms with Gasteiger partial charge in [-0.25, -0.2) is 4.98 Å². The first-order valence-electron chi connectivity index (χ1n) is 4.62. The molecule has 0 fully saturated rings. The molecule has 0 atom stereocenters. The monoisotopic (exact) mass is 199 g/mol. The Balaban J connectivity index is 2.23. The van der Waals surface area contributed by atoms with Gasteiger partial charge in [-0.15, -0.1) is 0 Å². The number of imidazole rings is 1. The summed E-state index contributed by atoms with van der Waals surface area (Å²) >= 11 is 0. The van der Waals surface area contributed by atoms with Gasteiger partial charge in [0.15, 0.2) is 0 Å². The number of H-pyrrole nitrogens is 1. The fourth-order valence-electron chi connectivity index (χ4n) is 1.64. The van der Waals surface area contributed by atoms with Gasteiger partial charge in [-0.1, -0.05) is 6.07 Å². The Morgan fingerprint density at radius 3 is 3.07 bits per heavy atom. The Morgan fingerprint density at radius 2 is 2.27 bits per heavy atom. The van der Waals surface area contributed by atoms with Crippen LogP contribution in [0.1, 0.15) is 0 Å². The second kappa shape index (κ2) is 2.91. The zero-order chi connectivity index (χ0) is 10.3. The first-order chi connectivity index (χ1) is 7.34. The molecular weight excluding hydrogens is 190 g/mol. The molecule has 74 valence electrons. The van der Waals surface area contributed by atoms with Gasteiger partial charge in [0.05, 0.1) is 23.6 Å². The molecule has 0 saturated carbocycles. The third-order valence-corrected chi connectivity index (χ3v) is 2.44. The van der Waals surface area contributed by atoms with Crippen LogP contribution < -0.4 is 0 Å². The molecule has 1 N–H and O–H groups in total. The molecule has 2 aromatic heterocycles. The summed E-state index contributed by atoms with van der Waals surface area (Å²) in [6.45, 7) is 0. The van der Waals surface area contributed by atoms with Crippen LogP contribution in [0.25, 0.3) is 22.3 Å². The molecular formula is C10H9N5. The Labute approximate surface area is 85.8 Å². The molecule has 0 aliphatic heterocycles. The molecule has 0 amide bonds. The molecule has 0 aliphatic rings. The van der Waals surface area contributed by atoms with E-state index in [0.29, 0.717) is 0 Å². The van der Waals surface area contributed by atoms with Gasteiger partial charge in [0, 0.05) is 12.6 Å². The van der Waals surface area contributed by atoms with Crippen LogP contribution in [0.4, 0.5) is 0 Å². The molecule has 5 heteroatoms. The molecule has 0 saturated heterocycles. The molecule has 1 aromatic carbocycles. The smallest absolute Gasteiger partial charge is 0.112 e. The minimum Gasteiger partial charge on any atom is -0.334 e.